The molecule has 0 saturated carbocycles. The molecule has 0 aliphatic carbocycles. The first-order valence-electron chi connectivity index (χ1n) is 8.31. The molecule has 2 nitrogen and oxygen atoms in total. The quantitative estimate of drug-likeness (QED) is 0.857. The highest BCUT2D eigenvalue weighted by Gasteiger charge is 2.15. The molecule has 21 heavy (non-hydrogen) atoms. The first-order chi connectivity index (χ1) is 10.3. The van der Waals surface area contributed by atoms with E-state index in [1.807, 2.05) is 0 Å². The van der Waals surface area contributed by atoms with E-state index >= 15 is 0 Å². The van der Waals surface area contributed by atoms with Gasteiger partial charge in [0, 0.05) is 35.8 Å². The van der Waals surface area contributed by atoms with Gasteiger partial charge in [0.2, 0.25) is 0 Å². The van der Waals surface area contributed by atoms with Crippen LogP contribution in [0.1, 0.15) is 38.7 Å². The first-order valence-corrected chi connectivity index (χ1v) is 8.31. The average molecular weight is 282 g/mol. The molecule has 1 aromatic carbocycles. The van der Waals surface area contributed by atoms with Gasteiger partial charge in [0.25, 0.3) is 0 Å². The number of para-hydroxylation sites is 1. The third-order valence-electron chi connectivity index (χ3n) is 4.81. The molecular weight excluding hydrogens is 256 g/mol. The Balaban J connectivity index is 2.03. The summed E-state index contributed by atoms with van der Waals surface area (Å²) in [6, 6.07) is 8.86. The molecule has 0 atom stereocenters. The molecule has 2 heterocycles. The zero-order valence-corrected chi connectivity index (χ0v) is 13.2. The Morgan fingerprint density at radius 3 is 2.71 bits per heavy atom. The third-order valence-corrected chi connectivity index (χ3v) is 4.81. The average Bonchev–Trinajstić information content (AvgIpc) is 2.92. The highest BCUT2D eigenvalue weighted by molar-refractivity contribution is 5.93. The molecule has 1 N–H and O–H groups in total. The van der Waals surface area contributed by atoms with E-state index in [-0.39, 0.29) is 0 Å². The Morgan fingerprint density at radius 1 is 1.19 bits per heavy atom. The predicted octanol–water partition coefficient (Wildman–Crippen LogP) is 4.45. The van der Waals surface area contributed by atoms with Crippen LogP contribution in [0.4, 0.5) is 0 Å². The second-order valence-electron chi connectivity index (χ2n) is 6.08. The summed E-state index contributed by atoms with van der Waals surface area (Å²) in [7, 11) is 0. The lowest BCUT2D eigenvalue weighted by molar-refractivity contribution is 0.425. The van der Waals surface area contributed by atoms with Gasteiger partial charge in [0.15, 0.2) is 0 Å². The Morgan fingerprint density at radius 2 is 2.00 bits per heavy atom. The summed E-state index contributed by atoms with van der Waals surface area (Å²) in [6.45, 7) is 7.84. The minimum atomic E-state index is 0.774. The van der Waals surface area contributed by atoms with Crippen LogP contribution < -0.4 is 5.32 Å². The van der Waals surface area contributed by atoms with Crippen molar-refractivity contribution in [3.05, 3.63) is 42.1 Å². The van der Waals surface area contributed by atoms with Crippen LogP contribution >= 0.6 is 0 Å². The lowest BCUT2D eigenvalue weighted by Gasteiger charge is -2.14. The van der Waals surface area contributed by atoms with Gasteiger partial charge in [-0.05, 0) is 30.5 Å². The maximum absolute atomic E-state index is 3.41. The van der Waals surface area contributed by atoms with Gasteiger partial charge in [0.05, 0.1) is 0 Å². The van der Waals surface area contributed by atoms with Crippen molar-refractivity contribution in [1.82, 2.24) is 9.88 Å². The van der Waals surface area contributed by atoms with Crippen LogP contribution in [-0.2, 0) is 6.54 Å². The Hall–Kier alpha value is -1.54. The van der Waals surface area contributed by atoms with E-state index in [1.165, 1.54) is 34.9 Å². The van der Waals surface area contributed by atoms with Gasteiger partial charge in [-0.1, -0.05) is 51.0 Å². The summed E-state index contributed by atoms with van der Waals surface area (Å²) in [4.78, 5) is 0. The van der Waals surface area contributed by atoms with Crippen molar-refractivity contribution in [3.8, 4) is 0 Å². The number of nitrogens with one attached hydrogen (secondary N) is 1. The van der Waals surface area contributed by atoms with Gasteiger partial charge in [0.1, 0.15) is 0 Å². The van der Waals surface area contributed by atoms with Crippen LogP contribution in [0.25, 0.3) is 16.5 Å². The number of fused-ring (bicyclic) bond motifs is 1. The fourth-order valence-corrected chi connectivity index (χ4v) is 3.35. The van der Waals surface area contributed by atoms with Crippen molar-refractivity contribution >= 4 is 16.5 Å². The molecule has 1 aliphatic rings. The van der Waals surface area contributed by atoms with Crippen molar-refractivity contribution in [2.45, 2.75) is 39.7 Å². The van der Waals surface area contributed by atoms with E-state index in [2.05, 4.69) is 60.3 Å². The van der Waals surface area contributed by atoms with Crippen LogP contribution in [0.2, 0.25) is 0 Å². The third kappa shape index (κ3) is 2.91. The molecule has 0 radical (unpaired) electrons. The highest BCUT2D eigenvalue weighted by Crippen LogP contribution is 2.30. The first kappa shape index (κ1) is 14.4. The maximum Gasteiger partial charge on any atom is 0.0486 e. The largest absolute Gasteiger partial charge is 0.347 e. The van der Waals surface area contributed by atoms with Crippen molar-refractivity contribution in [1.29, 1.82) is 0 Å². The van der Waals surface area contributed by atoms with Crippen LogP contribution in [0.5, 0.6) is 0 Å². The summed E-state index contributed by atoms with van der Waals surface area (Å²) in [6.07, 6.45) is 8.39. The lowest BCUT2D eigenvalue weighted by Crippen LogP contribution is -2.19. The molecule has 112 valence electrons. The summed E-state index contributed by atoms with van der Waals surface area (Å²) in [5.41, 5.74) is 4.34. The number of rotatable bonds is 5. The molecule has 0 bridgehead atoms. The summed E-state index contributed by atoms with van der Waals surface area (Å²) >= 11 is 0. The Labute approximate surface area is 127 Å². The molecule has 1 aliphatic heterocycles. The monoisotopic (exact) mass is 282 g/mol. The molecule has 0 fully saturated rings. The standard InChI is InChI=1S/C19H26N2/c1-3-15(4-2)13-21-14-18(16-9-11-20-12-10-16)17-7-5-6-8-19(17)21/h5-9,14-15,20H,3-4,10-13H2,1-2H3. The van der Waals surface area contributed by atoms with Crippen molar-refractivity contribution in [2.75, 3.05) is 13.1 Å². The second-order valence-corrected chi connectivity index (χ2v) is 6.08. The summed E-state index contributed by atoms with van der Waals surface area (Å²) in [5.74, 6) is 0.774. The molecule has 2 heteroatoms. The second kappa shape index (κ2) is 6.48. The smallest absolute Gasteiger partial charge is 0.0486 e. The number of hydrogen-bond acceptors (Lipinski definition) is 1. The SMILES string of the molecule is CCC(CC)Cn1cc(C2=CCNCC2)c2ccccc21. The summed E-state index contributed by atoms with van der Waals surface area (Å²) < 4.78 is 2.48. The molecule has 0 amide bonds. The van der Waals surface area contributed by atoms with Crippen LogP contribution in [0.3, 0.4) is 0 Å². The van der Waals surface area contributed by atoms with Crippen molar-refractivity contribution in [3.63, 3.8) is 0 Å². The highest BCUT2D eigenvalue weighted by atomic mass is 15.0. The van der Waals surface area contributed by atoms with Crippen LogP contribution in [0.15, 0.2) is 36.5 Å². The molecule has 3 rings (SSSR count). The Bertz CT molecular complexity index is 632. The van der Waals surface area contributed by atoms with Crippen molar-refractivity contribution in [2.24, 2.45) is 5.92 Å². The van der Waals surface area contributed by atoms with Crippen molar-refractivity contribution < 1.29 is 0 Å². The number of aromatic nitrogens is 1. The molecular formula is C19H26N2. The fraction of sp³-hybridized carbons (Fsp3) is 0.474. The maximum atomic E-state index is 3.41. The van der Waals surface area contributed by atoms with Gasteiger partial charge >= 0.3 is 0 Å². The number of hydrogen-bond donors (Lipinski definition) is 1. The number of benzene rings is 1. The molecule has 0 spiro atoms. The van der Waals surface area contributed by atoms with Gasteiger partial charge in [-0.3, -0.25) is 0 Å². The van der Waals surface area contributed by atoms with Crippen LogP contribution in [-0.4, -0.2) is 17.7 Å². The van der Waals surface area contributed by atoms with E-state index in [4.69, 9.17) is 0 Å². The fourth-order valence-electron chi connectivity index (χ4n) is 3.35. The minimum Gasteiger partial charge on any atom is -0.347 e. The minimum absolute atomic E-state index is 0.774. The molecule has 0 unspecified atom stereocenters. The van der Waals surface area contributed by atoms with E-state index < -0.39 is 0 Å². The normalized spacial score (nSPS) is 15.7. The number of nitrogens with zero attached hydrogens (tertiary/aromatic N) is 1. The Kier molecular flexibility index (Phi) is 4.45. The molecule has 2 aromatic rings. The van der Waals surface area contributed by atoms with E-state index in [0.29, 0.717) is 0 Å². The molecule has 0 saturated heterocycles. The lowest BCUT2D eigenvalue weighted by atomic mass is 10.00. The zero-order valence-electron chi connectivity index (χ0n) is 13.2. The van der Waals surface area contributed by atoms with Gasteiger partial charge in [-0.25, -0.2) is 0 Å². The van der Waals surface area contributed by atoms with E-state index in [1.54, 1.807) is 0 Å². The predicted molar refractivity (Wildman–Crippen MR) is 91.5 cm³/mol. The topological polar surface area (TPSA) is 17.0 Å². The summed E-state index contributed by atoms with van der Waals surface area (Å²) in [5, 5.41) is 4.82. The van der Waals surface area contributed by atoms with Gasteiger partial charge < -0.3 is 9.88 Å². The van der Waals surface area contributed by atoms with Gasteiger partial charge in [-0.2, -0.15) is 0 Å². The van der Waals surface area contributed by atoms with E-state index in [9.17, 15) is 0 Å². The van der Waals surface area contributed by atoms with Gasteiger partial charge in [-0.15, -0.1) is 0 Å². The zero-order chi connectivity index (χ0) is 14.7. The van der Waals surface area contributed by atoms with E-state index in [0.717, 1.165) is 32.0 Å². The molecule has 1 aromatic heterocycles. The van der Waals surface area contributed by atoms with Crippen LogP contribution in [0, 0.1) is 5.92 Å².